The summed E-state index contributed by atoms with van der Waals surface area (Å²) in [6, 6.07) is 23.8. The standard InChI is InChI=1S/C26H22ClNO2/c1-26(2,3)22-11-7-20(8-12-22)25(29)30-24-6-4-5-18(16-24)15-21(17-28)19-9-13-23(27)14-10-19/h4-16H,1-3H3/b21-15-. The summed E-state index contributed by atoms with van der Waals surface area (Å²) in [5.41, 5.74) is 3.68. The van der Waals surface area contributed by atoms with Crippen LogP contribution in [0.2, 0.25) is 5.02 Å². The first kappa shape index (κ1) is 21.4. The summed E-state index contributed by atoms with van der Waals surface area (Å²) in [7, 11) is 0. The Balaban J connectivity index is 1.79. The van der Waals surface area contributed by atoms with Crippen LogP contribution in [0.25, 0.3) is 11.6 Å². The summed E-state index contributed by atoms with van der Waals surface area (Å²) in [6.07, 6.45) is 1.75. The lowest BCUT2D eigenvalue weighted by Crippen LogP contribution is -2.12. The lowest BCUT2D eigenvalue weighted by Gasteiger charge is -2.18. The van der Waals surface area contributed by atoms with Crippen molar-refractivity contribution in [2.75, 3.05) is 0 Å². The van der Waals surface area contributed by atoms with Crippen molar-refractivity contribution in [1.29, 1.82) is 5.26 Å². The predicted molar refractivity (Wildman–Crippen MR) is 121 cm³/mol. The van der Waals surface area contributed by atoms with Crippen LogP contribution in [-0.2, 0) is 5.41 Å². The molecule has 0 fully saturated rings. The number of halogens is 1. The molecule has 0 heterocycles. The number of nitrogens with zero attached hydrogens (tertiary/aromatic N) is 1. The summed E-state index contributed by atoms with van der Waals surface area (Å²) in [5, 5.41) is 10.1. The SMILES string of the molecule is CC(C)(C)c1ccc(C(=O)Oc2cccc(/C=C(/C#N)c3ccc(Cl)cc3)c2)cc1. The van der Waals surface area contributed by atoms with Crippen molar-refractivity contribution in [1.82, 2.24) is 0 Å². The second-order valence-electron chi connectivity index (χ2n) is 7.97. The molecule has 0 aliphatic heterocycles. The van der Waals surface area contributed by atoms with Crippen molar-refractivity contribution in [3.63, 3.8) is 0 Å². The fourth-order valence-electron chi connectivity index (χ4n) is 2.92. The Labute approximate surface area is 182 Å². The molecule has 4 heteroatoms. The molecule has 0 atom stereocenters. The lowest BCUT2D eigenvalue weighted by atomic mass is 9.87. The minimum absolute atomic E-state index is 0.0195. The van der Waals surface area contributed by atoms with Crippen molar-refractivity contribution in [3.05, 3.63) is 100 Å². The normalized spacial score (nSPS) is 11.6. The molecule has 3 aromatic rings. The minimum atomic E-state index is -0.421. The Bertz CT molecular complexity index is 1120. The van der Waals surface area contributed by atoms with Crippen molar-refractivity contribution < 1.29 is 9.53 Å². The third-order valence-electron chi connectivity index (χ3n) is 4.64. The van der Waals surface area contributed by atoms with Crippen molar-refractivity contribution in [2.24, 2.45) is 0 Å². The monoisotopic (exact) mass is 415 g/mol. The Hall–Kier alpha value is -3.35. The fraction of sp³-hybridized carbons (Fsp3) is 0.154. The van der Waals surface area contributed by atoms with Crippen LogP contribution in [0.15, 0.2) is 72.8 Å². The van der Waals surface area contributed by atoms with Gasteiger partial charge in [-0.1, -0.05) is 68.8 Å². The summed E-state index contributed by atoms with van der Waals surface area (Å²) in [5.74, 6) is -0.00293. The third kappa shape index (κ3) is 5.37. The number of carbonyl (C=O) groups is 1. The summed E-state index contributed by atoms with van der Waals surface area (Å²) >= 11 is 5.92. The maximum absolute atomic E-state index is 12.5. The van der Waals surface area contributed by atoms with Gasteiger partial charge in [-0.2, -0.15) is 5.26 Å². The molecule has 0 radical (unpaired) electrons. The van der Waals surface area contributed by atoms with Crippen LogP contribution < -0.4 is 4.74 Å². The van der Waals surface area contributed by atoms with E-state index in [0.717, 1.165) is 16.7 Å². The van der Waals surface area contributed by atoms with Crippen LogP contribution in [0.1, 0.15) is 47.8 Å². The number of rotatable bonds is 4. The zero-order valence-corrected chi connectivity index (χ0v) is 17.9. The third-order valence-corrected chi connectivity index (χ3v) is 4.89. The van der Waals surface area contributed by atoms with E-state index < -0.39 is 5.97 Å². The van der Waals surface area contributed by atoms with Crippen LogP contribution in [0, 0.1) is 11.3 Å². The minimum Gasteiger partial charge on any atom is -0.423 e. The zero-order chi connectivity index (χ0) is 21.7. The molecule has 0 aliphatic carbocycles. The van der Waals surface area contributed by atoms with Crippen molar-refractivity contribution in [2.45, 2.75) is 26.2 Å². The van der Waals surface area contributed by atoms with Gasteiger partial charge >= 0.3 is 5.97 Å². The highest BCUT2D eigenvalue weighted by atomic mass is 35.5. The number of allylic oxidation sites excluding steroid dienone is 1. The Kier molecular flexibility index (Phi) is 6.40. The van der Waals surface area contributed by atoms with E-state index in [0.29, 0.717) is 21.9 Å². The molecule has 0 aliphatic rings. The molecule has 0 bridgehead atoms. The molecule has 3 aromatic carbocycles. The second kappa shape index (κ2) is 8.98. The molecule has 0 aromatic heterocycles. The quantitative estimate of drug-likeness (QED) is 0.201. The largest absolute Gasteiger partial charge is 0.423 e. The van der Waals surface area contributed by atoms with Gasteiger partial charge in [0, 0.05) is 5.02 Å². The lowest BCUT2D eigenvalue weighted by molar-refractivity contribution is 0.0734. The number of hydrogen-bond acceptors (Lipinski definition) is 3. The Morgan fingerprint density at radius 1 is 0.967 bits per heavy atom. The highest BCUT2D eigenvalue weighted by Gasteiger charge is 2.15. The van der Waals surface area contributed by atoms with E-state index in [1.54, 1.807) is 60.7 Å². The van der Waals surface area contributed by atoms with Crippen molar-refractivity contribution in [3.8, 4) is 11.8 Å². The molecule has 0 unspecified atom stereocenters. The van der Waals surface area contributed by atoms with E-state index in [1.807, 2.05) is 18.2 Å². The van der Waals surface area contributed by atoms with Crippen LogP contribution in [-0.4, -0.2) is 5.97 Å². The summed E-state index contributed by atoms with van der Waals surface area (Å²) in [6.45, 7) is 6.37. The van der Waals surface area contributed by atoms with E-state index in [-0.39, 0.29) is 5.41 Å². The first-order chi connectivity index (χ1) is 14.3. The summed E-state index contributed by atoms with van der Waals surface area (Å²) < 4.78 is 5.53. The molecular weight excluding hydrogens is 394 g/mol. The smallest absolute Gasteiger partial charge is 0.343 e. The topological polar surface area (TPSA) is 50.1 Å². The Morgan fingerprint density at radius 3 is 2.20 bits per heavy atom. The maximum atomic E-state index is 12.5. The first-order valence-corrected chi connectivity index (χ1v) is 9.94. The molecular formula is C26H22ClNO2. The van der Waals surface area contributed by atoms with E-state index in [4.69, 9.17) is 16.3 Å². The van der Waals surface area contributed by atoms with Gasteiger partial charge in [0.15, 0.2) is 0 Å². The fourth-order valence-corrected chi connectivity index (χ4v) is 3.04. The van der Waals surface area contributed by atoms with E-state index >= 15 is 0 Å². The number of esters is 1. The molecule has 0 saturated carbocycles. The van der Waals surface area contributed by atoms with Gasteiger partial charge < -0.3 is 4.74 Å². The molecule has 0 N–H and O–H groups in total. The molecule has 3 rings (SSSR count). The molecule has 3 nitrogen and oxygen atoms in total. The molecule has 30 heavy (non-hydrogen) atoms. The van der Waals surface area contributed by atoms with Crippen LogP contribution in [0.3, 0.4) is 0 Å². The van der Waals surface area contributed by atoms with Gasteiger partial charge in [-0.3, -0.25) is 0 Å². The number of benzene rings is 3. The number of nitriles is 1. The van der Waals surface area contributed by atoms with Gasteiger partial charge in [0.05, 0.1) is 17.2 Å². The number of carbonyl (C=O) groups excluding carboxylic acids is 1. The van der Waals surface area contributed by atoms with E-state index in [1.165, 1.54) is 0 Å². The first-order valence-electron chi connectivity index (χ1n) is 9.57. The van der Waals surface area contributed by atoms with Gasteiger partial charge in [0.1, 0.15) is 5.75 Å². The maximum Gasteiger partial charge on any atom is 0.343 e. The van der Waals surface area contributed by atoms with Crippen molar-refractivity contribution >= 4 is 29.2 Å². The van der Waals surface area contributed by atoms with Gasteiger partial charge in [0.25, 0.3) is 0 Å². The number of hydrogen-bond donors (Lipinski definition) is 0. The van der Waals surface area contributed by atoms with E-state index in [2.05, 4.69) is 26.8 Å². The Morgan fingerprint density at radius 2 is 1.60 bits per heavy atom. The zero-order valence-electron chi connectivity index (χ0n) is 17.1. The second-order valence-corrected chi connectivity index (χ2v) is 8.40. The highest BCUT2D eigenvalue weighted by molar-refractivity contribution is 6.30. The summed E-state index contributed by atoms with van der Waals surface area (Å²) in [4.78, 5) is 12.5. The van der Waals surface area contributed by atoms with Gasteiger partial charge in [-0.15, -0.1) is 0 Å². The molecule has 150 valence electrons. The van der Waals surface area contributed by atoms with Crippen LogP contribution in [0.4, 0.5) is 0 Å². The average molecular weight is 416 g/mol. The van der Waals surface area contributed by atoms with Gasteiger partial charge in [0.2, 0.25) is 0 Å². The average Bonchev–Trinajstić information content (AvgIpc) is 2.72. The van der Waals surface area contributed by atoms with Gasteiger partial charge in [-0.05, 0) is 64.6 Å². The number of ether oxygens (including phenoxy) is 1. The molecule has 0 amide bonds. The van der Waals surface area contributed by atoms with Gasteiger partial charge in [-0.25, -0.2) is 4.79 Å². The van der Waals surface area contributed by atoms with Crippen LogP contribution in [0.5, 0.6) is 5.75 Å². The molecule has 0 saturated heterocycles. The van der Waals surface area contributed by atoms with Crippen LogP contribution >= 0.6 is 11.6 Å². The highest BCUT2D eigenvalue weighted by Crippen LogP contribution is 2.24. The van der Waals surface area contributed by atoms with E-state index in [9.17, 15) is 10.1 Å². The predicted octanol–water partition coefficient (Wildman–Crippen LogP) is 6.92. The molecule has 0 spiro atoms.